The maximum absolute atomic E-state index is 14.1. The van der Waals surface area contributed by atoms with Crippen LogP contribution in [0.5, 0.6) is 0 Å². The van der Waals surface area contributed by atoms with Gasteiger partial charge < -0.3 is 9.64 Å². The quantitative estimate of drug-likeness (QED) is 0.781. The normalized spacial score (nSPS) is 11.4. The fourth-order valence-corrected chi connectivity index (χ4v) is 2.37. The Morgan fingerprint density at radius 3 is 2.64 bits per heavy atom. The van der Waals surface area contributed by atoms with Crippen molar-refractivity contribution in [3.05, 3.63) is 71.0 Å². The summed E-state index contributed by atoms with van der Waals surface area (Å²) in [5.74, 6) is -0.747. The minimum absolute atomic E-state index is 0.0613. The van der Waals surface area contributed by atoms with Crippen LogP contribution in [0, 0.1) is 30.0 Å². The molecule has 0 aliphatic heterocycles. The van der Waals surface area contributed by atoms with E-state index in [0.29, 0.717) is 5.56 Å². The Balaban J connectivity index is 2.08. The number of benzene rings is 2. The van der Waals surface area contributed by atoms with Gasteiger partial charge >= 0.3 is 6.09 Å². The van der Waals surface area contributed by atoms with Gasteiger partial charge in [0.15, 0.2) is 0 Å². The van der Waals surface area contributed by atoms with E-state index in [9.17, 15) is 9.18 Å². The lowest BCUT2D eigenvalue weighted by Gasteiger charge is -2.23. The minimum Gasteiger partial charge on any atom is -0.445 e. The summed E-state index contributed by atoms with van der Waals surface area (Å²) in [7, 11) is 0. The molecular formula is C20H21FN2O2. The van der Waals surface area contributed by atoms with Crippen molar-refractivity contribution in [2.24, 2.45) is 5.92 Å². The number of ether oxygens (including phenoxy) is 1. The molecule has 0 radical (unpaired) electrons. The van der Waals surface area contributed by atoms with Crippen molar-refractivity contribution in [1.29, 1.82) is 5.26 Å². The van der Waals surface area contributed by atoms with Crippen molar-refractivity contribution in [3.8, 4) is 6.07 Å². The van der Waals surface area contributed by atoms with Gasteiger partial charge in [-0.1, -0.05) is 42.5 Å². The van der Waals surface area contributed by atoms with Gasteiger partial charge in [-0.3, -0.25) is 0 Å². The van der Waals surface area contributed by atoms with Crippen molar-refractivity contribution in [3.63, 3.8) is 0 Å². The van der Waals surface area contributed by atoms with Crippen molar-refractivity contribution < 1.29 is 13.9 Å². The maximum Gasteiger partial charge on any atom is 0.410 e. The van der Waals surface area contributed by atoms with Gasteiger partial charge in [0, 0.05) is 12.1 Å². The molecule has 0 saturated heterocycles. The first kappa shape index (κ1) is 18.5. The van der Waals surface area contributed by atoms with Gasteiger partial charge in [0.05, 0.1) is 18.5 Å². The predicted octanol–water partition coefficient (Wildman–Crippen LogP) is 4.43. The van der Waals surface area contributed by atoms with E-state index in [1.54, 1.807) is 26.0 Å². The Labute approximate surface area is 147 Å². The smallest absolute Gasteiger partial charge is 0.410 e. The molecule has 130 valence electrons. The highest BCUT2D eigenvalue weighted by Gasteiger charge is 2.20. The molecule has 2 aromatic carbocycles. The number of rotatable bonds is 6. The van der Waals surface area contributed by atoms with Gasteiger partial charge in [-0.15, -0.1) is 0 Å². The summed E-state index contributed by atoms with van der Waals surface area (Å²) in [6.45, 7) is 3.89. The van der Waals surface area contributed by atoms with Crippen LogP contribution in [-0.2, 0) is 17.9 Å². The third kappa shape index (κ3) is 5.61. The number of carbonyl (C=O) groups excluding carboxylic acids is 1. The van der Waals surface area contributed by atoms with Crippen LogP contribution in [0.3, 0.4) is 0 Å². The summed E-state index contributed by atoms with van der Waals surface area (Å²) >= 11 is 0. The van der Waals surface area contributed by atoms with Gasteiger partial charge in [0.2, 0.25) is 0 Å². The van der Waals surface area contributed by atoms with E-state index in [4.69, 9.17) is 10.00 Å². The Hall–Kier alpha value is -2.87. The zero-order valence-corrected chi connectivity index (χ0v) is 14.4. The molecule has 0 heterocycles. The van der Waals surface area contributed by atoms with E-state index >= 15 is 0 Å². The van der Waals surface area contributed by atoms with Gasteiger partial charge in [-0.2, -0.15) is 5.26 Å². The third-order valence-corrected chi connectivity index (χ3v) is 3.75. The van der Waals surface area contributed by atoms with E-state index in [0.717, 1.165) is 11.1 Å². The van der Waals surface area contributed by atoms with Crippen LogP contribution in [0.2, 0.25) is 0 Å². The summed E-state index contributed by atoms with van der Waals surface area (Å²) in [5.41, 5.74) is 2.07. The lowest BCUT2D eigenvalue weighted by Crippen LogP contribution is -2.34. The van der Waals surface area contributed by atoms with Crippen LogP contribution in [0.4, 0.5) is 9.18 Å². The van der Waals surface area contributed by atoms with Crippen molar-refractivity contribution in [1.82, 2.24) is 4.90 Å². The summed E-state index contributed by atoms with van der Waals surface area (Å²) in [4.78, 5) is 13.8. The molecule has 2 rings (SSSR count). The van der Waals surface area contributed by atoms with Crippen molar-refractivity contribution in [2.75, 3.05) is 6.54 Å². The first-order chi connectivity index (χ1) is 12.0. The molecule has 0 bridgehead atoms. The number of hydrogen-bond acceptors (Lipinski definition) is 3. The van der Waals surface area contributed by atoms with Gasteiger partial charge in [-0.05, 0) is 31.0 Å². The summed E-state index contributed by atoms with van der Waals surface area (Å²) < 4.78 is 19.4. The zero-order valence-electron chi connectivity index (χ0n) is 14.4. The van der Waals surface area contributed by atoms with E-state index < -0.39 is 6.09 Å². The van der Waals surface area contributed by atoms with Gasteiger partial charge in [0.25, 0.3) is 0 Å². The molecule has 0 fully saturated rings. The Bertz CT molecular complexity index is 756. The molecular weight excluding hydrogens is 319 g/mol. The molecule has 1 unspecified atom stereocenters. The number of carbonyl (C=O) groups is 1. The summed E-state index contributed by atoms with van der Waals surface area (Å²) in [6, 6.07) is 16.3. The molecule has 4 nitrogen and oxygen atoms in total. The van der Waals surface area contributed by atoms with Gasteiger partial charge in [-0.25, -0.2) is 9.18 Å². The second-order valence-electron chi connectivity index (χ2n) is 6.05. The minimum atomic E-state index is -0.564. The molecule has 1 atom stereocenters. The van der Waals surface area contributed by atoms with E-state index in [1.165, 1.54) is 11.0 Å². The Morgan fingerprint density at radius 2 is 2.00 bits per heavy atom. The standard InChI is InChI=1S/C20H21FN2O2/c1-15-8-9-18(19(21)10-15)13-23(12-16(2)11-22)20(24)25-14-17-6-4-3-5-7-17/h3-10,16H,12-14H2,1-2H3. The maximum atomic E-state index is 14.1. The molecule has 0 spiro atoms. The number of nitrogens with zero attached hydrogens (tertiary/aromatic N) is 2. The fourth-order valence-electron chi connectivity index (χ4n) is 2.37. The second-order valence-corrected chi connectivity index (χ2v) is 6.05. The summed E-state index contributed by atoms with van der Waals surface area (Å²) in [6.07, 6.45) is -0.564. The van der Waals surface area contributed by atoms with Crippen LogP contribution in [0.1, 0.15) is 23.6 Å². The molecule has 1 amide bonds. The highest BCUT2D eigenvalue weighted by molar-refractivity contribution is 5.67. The van der Waals surface area contributed by atoms with Crippen molar-refractivity contribution in [2.45, 2.75) is 27.0 Å². The lowest BCUT2D eigenvalue weighted by atomic mass is 10.1. The molecule has 5 heteroatoms. The largest absolute Gasteiger partial charge is 0.445 e. The molecule has 0 aliphatic carbocycles. The van der Waals surface area contributed by atoms with Crippen LogP contribution in [-0.4, -0.2) is 17.5 Å². The van der Waals surface area contributed by atoms with Crippen LogP contribution in [0.25, 0.3) is 0 Å². The SMILES string of the molecule is Cc1ccc(CN(CC(C)C#N)C(=O)OCc2ccccc2)c(F)c1. The van der Waals surface area contributed by atoms with E-state index in [-0.39, 0.29) is 31.4 Å². The number of aryl methyl sites for hydroxylation is 1. The Morgan fingerprint density at radius 1 is 1.28 bits per heavy atom. The highest BCUT2D eigenvalue weighted by atomic mass is 19.1. The molecule has 2 aromatic rings. The Kier molecular flexibility index (Phi) is 6.53. The topological polar surface area (TPSA) is 53.3 Å². The van der Waals surface area contributed by atoms with Crippen LogP contribution in [0.15, 0.2) is 48.5 Å². The average Bonchev–Trinajstić information content (AvgIpc) is 2.61. The number of amides is 1. The summed E-state index contributed by atoms with van der Waals surface area (Å²) in [5, 5.41) is 9.03. The first-order valence-electron chi connectivity index (χ1n) is 8.10. The monoisotopic (exact) mass is 340 g/mol. The van der Waals surface area contributed by atoms with Crippen LogP contribution < -0.4 is 0 Å². The van der Waals surface area contributed by atoms with E-state index in [2.05, 4.69) is 6.07 Å². The molecule has 25 heavy (non-hydrogen) atoms. The van der Waals surface area contributed by atoms with Gasteiger partial charge in [0.1, 0.15) is 12.4 Å². The average molecular weight is 340 g/mol. The van der Waals surface area contributed by atoms with E-state index in [1.807, 2.05) is 30.3 Å². The number of halogens is 1. The third-order valence-electron chi connectivity index (χ3n) is 3.75. The number of nitriles is 1. The highest BCUT2D eigenvalue weighted by Crippen LogP contribution is 2.15. The fraction of sp³-hybridized carbons (Fsp3) is 0.300. The molecule has 0 aromatic heterocycles. The number of hydrogen-bond donors (Lipinski definition) is 0. The predicted molar refractivity (Wildman–Crippen MR) is 93.0 cm³/mol. The zero-order chi connectivity index (χ0) is 18.2. The second kappa shape index (κ2) is 8.84. The van der Waals surface area contributed by atoms with Crippen LogP contribution >= 0.6 is 0 Å². The molecule has 0 aliphatic rings. The first-order valence-corrected chi connectivity index (χ1v) is 8.10. The van der Waals surface area contributed by atoms with Crippen molar-refractivity contribution >= 4 is 6.09 Å². The molecule has 0 N–H and O–H groups in total. The lowest BCUT2D eigenvalue weighted by molar-refractivity contribution is 0.0905. The molecule has 0 saturated carbocycles.